The van der Waals surface area contributed by atoms with Crippen molar-refractivity contribution in [2.75, 3.05) is 6.61 Å². The molecular formula is C10H10BrF2NO3. The quantitative estimate of drug-likeness (QED) is 0.686. The SMILES string of the molecule is CCOC(=O)c1c(CBr)c[nH]c(=O)c1C(F)F. The van der Waals surface area contributed by atoms with E-state index in [1.54, 1.807) is 6.92 Å². The summed E-state index contributed by atoms with van der Waals surface area (Å²) in [6.07, 6.45) is -1.81. The van der Waals surface area contributed by atoms with E-state index in [1.165, 1.54) is 6.20 Å². The van der Waals surface area contributed by atoms with Crippen molar-refractivity contribution in [2.45, 2.75) is 18.7 Å². The smallest absolute Gasteiger partial charge is 0.339 e. The van der Waals surface area contributed by atoms with Gasteiger partial charge in [0.25, 0.3) is 12.0 Å². The molecule has 0 radical (unpaired) electrons. The Labute approximate surface area is 104 Å². The molecule has 1 aromatic rings. The highest BCUT2D eigenvalue weighted by molar-refractivity contribution is 9.08. The number of hydrogen-bond donors (Lipinski definition) is 1. The number of H-pyrrole nitrogens is 1. The lowest BCUT2D eigenvalue weighted by molar-refractivity contribution is 0.0513. The summed E-state index contributed by atoms with van der Waals surface area (Å²) in [7, 11) is 0. The van der Waals surface area contributed by atoms with Gasteiger partial charge in [-0.15, -0.1) is 0 Å². The fraction of sp³-hybridized carbons (Fsp3) is 0.400. The average molecular weight is 310 g/mol. The molecular weight excluding hydrogens is 300 g/mol. The van der Waals surface area contributed by atoms with Crippen molar-refractivity contribution in [3.63, 3.8) is 0 Å². The molecule has 0 saturated heterocycles. The fourth-order valence-corrected chi connectivity index (χ4v) is 1.79. The summed E-state index contributed by atoms with van der Waals surface area (Å²) in [5.74, 6) is -0.914. The molecule has 0 spiro atoms. The summed E-state index contributed by atoms with van der Waals surface area (Å²) < 4.78 is 30.2. The molecule has 1 heterocycles. The monoisotopic (exact) mass is 309 g/mol. The molecule has 0 aliphatic rings. The maximum absolute atomic E-state index is 12.8. The van der Waals surface area contributed by atoms with Crippen LogP contribution in [0.3, 0.4) is 0 Å². The first kappa shape index (κ1) is 13.8. The van der Waals surface area contributed by atoms with Crippen LogP contribution in [0.2, 0.25) is 0 Å². The van der Waals surface area contributed by atoms with Crippen LogP contribution < -0.4 is 5.56 Å². The molecule has 7 heteroatoms. The highest BCUT2D eigenvalue weighted by Gasteiger charge is 2.26. The van der Waals surface area contributed by atoms with Gasteiger partial charge in [-0.05, 0) is 12.5 Å². The first-order valence-electron chi connectivity index (χ1n) is 4.78. The number of nitrogens with one attached hydrogen (secondary N) is 1. The predicted molar refractivity (Wildman–Crippen MR) is 60.6 cm³/mol. The maximum Gasteiger partial charge on any atom is 0.339 e. The summed E-state index contributed by atoms with van der Waals surface area (Å²) in [4.78, 5) is 25.0. The Morgan fingerprint density at radius 3 is 2.71 bits per heavy atom. The number of ether oxygens (including phenoxy) is 1. The Kier molecular flexibility index (Phi) is 4.80. The average Bonchev–Trinajstić information content (AvgIpc) is 2.28. The lowest BCUT2D eigenvalue weighted by atomic mass is 10.1. The number of aromatic nitrogens is 1. The number of hydrogen-bond acceptors (Lipinski definition) is 3. The standard InChI is InChI=1S/C10H10BrF2NO3/c1-2-17-10(16)6-5(3-11)4-14-9(15)7(6)8(12)13/h4,8H,2-3H2,1H3,(H,14,15). The molecule has 0 fully saturated rings. The van der Waals surface area contributed by atoms with E-state index in [2.05, 4.69) is 25.7 Å². The molecule has 0 aliphatic heterocycles. The van der Waals surface area contributed by atoms with E-state index < -0.39 is 23.5 Å². The molecule has 4 nitrogen and oxygen atoms in total. The van der Waals surface area contributed by atoms with Crippen LogP contribution in [0.1, 0.15) is 34.8 Å². The Hall–Kier alpha value is -1.24. The second kappa shape index (κ2) is 5.90. The number of alkyl halides is 3. The van der Waals surface area contributed by atoms with Crippen LogP contribution in [0, 0.1) is 0 Å². The highest BCUT2D eigenvalue weighted by atomic mass is 79.9. The second-order valence-corrected chi connectivity index (χ2v) is 3.65. The number of carbonyl (C=O) groups is 1. The summed E-state index contributed by atoms with van der Waals surface area (Å²) in [6, 6.07) is 0. The number of esters is 1. The van der Waals surface area contributed by atoms with E-state index in [-0.39, 0.29) is 23.1 Å². The minimum atomic E-state index is -3.03. The van der Waals surface area contributed by atoms with Crippen LogP contribution >= 0.6 is 15.9 Å². The Morgan fingerprint density at radius 2 is 2.24 bits per heavy atom. The largest absolute Gasteiger partial charge is 0.462 e. The van der Waals surface area contributed by atoms with Gasteiger partial charge >= 0.3 is 5.97 Å². The molecule has 0 aromatic carbocycles. The zero-order chi connectivity index (χ0) is 13.0. The molecule has 17 heavy (non-hydrogen) atoms. The van der Waals surface area contributed by atoms with Crippen LogP contribution in [-0.4, -0.2) is 17.6 Å². The zero-order valence-corrected chi connectivity index (χ0v) is 10.5. The number of aromatic amines is 1. The topological polar surface area (TPSA) is 59.2 Å². The van der Waals surface area contributed by atoms with E-state index in [4.69, 9.17) is 0 Å². The van der Waals surface area contributed by atoms with Crippen molar-refractivity contribution in [3.05, 3.63) is 33.2 Å². The number of pyridine rings is 1. The van der Waals surface area contributed by atoms with Gasteiger partial charge in [0.1, 0.15) is 0 Å². The van der Waals surface area contributed by atoms with Gasteiger partial charge in [-0.1, -0.05) is 15.9 Å². The van der Waals surface area contributed by atoms with Gasteiger partial charge in [-0.25, -0.2) is 13.6 Å². The number of halogens is 3. The second-order valence-electron chi connectivity index (χ2n) is 3.09. The maximum atomic E-state index is 12.8. The van der Waals surface area contributed by atoms with Crippen molar-refractivity contribution >= 4 is 21.9 Å². The molecule has 0 amide bonds. The van der Waals surface area contributed by atoms with E-state index in [0.717, 1.165) is 0 Å². The van der Waals surface area contributed by atoms with Crippen molar-refractivity contribution < 1.29 is 18.3 Å². The van der Waals surface area contributed by atoms with Gasteiger partial charge < -0.3 is 9.72 Å². The summed E-state index contributed by atoms with van der Waals surface area (Å²) in [6.45, 7) is 1.61. The van der Waals surface area contributed by atoms with Crippen LogP contribution in [0.25, 0.3) is 0 Å². The van der Waals surface area contributed by atoms with Crippen LogP contribution in [-0.2, 0) is 10.1 Å². The number of carbonyl (C=O) groups excluding carboxylic acids is 1. The molecule has 94 valence electrons. The van der Waals surface area contributed by atoms with E-state index in [1.807, 2.05) is 0 Å². The zero-order valence-electron chi connectivity index (χ0n) is 8.93. The molecule has 0 atom stereocenters. The lowest BCUT2D eigenvalue weighted by Crippen LogP contribution is -2.22. The van der Waals surface area contributed by atoms with Gasteiger partial charge in [0, 0.05) is 11.5 Å². The lowest BCUT2D eigenvalue weighted by Gasteiger charge is -2.10. The summed E-state index contributed by atoms with van der Waals surface area (Å²) in [5, 5.41) is 0.164. The normalized spacial score (nSPS) is 10.6. The van der Waals surface area contributed by atoms with Gasteiger partial charge in [-0.3, -0.25) is 4.79 Å². The van der Waals surface area contributed by atoms with Crippen LogP contribution in [0.4, 0.5) is 8.78 Å². The van der Waals surface area contributed by atoms with Crippen LogP contribution in [0.15, 0.2) is 11.0 Å². The molecule has 0 unspecified atom stereocenters. The fourth-order valence-electron chi connectivity index (χ4n) is 1.35. The predicted octanol–water partition coefficient (Wildman–Crippen LogP) is 2.38. The molecule has 0 aliphatic carbocycles. The third-order valence-electron chi connectivity index (χ3n) is 2.05. The molecule has 1 rings (SSSR count). The van der Waals surface area contributed by atoms with E-state index in [0.29, 0.717) is 0 Å². The molecule has 0 saturated carbocycles. The van der Waals surface area contributed by atoms with Crippen LogP contribution in [0.5, 0.6) is 0 Å². The molecule has 1 N–H and O–H groups in total. The molecule has 1 aromatic heterocycles. The van der Waals surface area contributed by atoms with E-state index >= 15 is 0 Å². The first-order valence-corrected chi connectivity index (χ1v) is 5.90. The van der Waals surface area contributed by atoms with Gasteiger partial charge in [0.2, 0.25) is 0 Å². The Bertz CT molecular complexity index is 473. The Morgan fingerprint density at radius 1 is 1.59 bits per heavy atom. The highest BCUT2D eigenvalue weighted by Crippen LogP contribution is 2.23. The van der Waals surface area contributed by atoms with Crippen molar-refractivity contribution in [1.82, 2.24) is 4.98 Å². The van der Waals surface area contributed by atoms with Crippen molar-refractivity contribution in [1.29, 1.82) is 0 Å². The Balaban J connectivity index is 3.45. The third-order valence-corrected chi connectivity index (χ3v) is 2.66. The van der Waals surface area contributed by atoms with Crippen molar-refractivity contribution in [2.24, 2.45) is 0 Å². The van der Waals surface area contributed by atoms with Gasteiger partial charge in [0.05, 0.1) is 17.7 Å². The summed E-state index contributed by atoms with van der Waals surface area (Å²) in [5.41, 5.74) is -1.92. The van der Waals surface area contributed by atoms with Gasteiger partial charge in [0.15, 0.2) is 0 Å². The minimum Gasteiger partial charge on any atom is -0.462 e. The summed E-state index contributed by atoms with van der Waals surface area (Å²) >= 11 is 3.06. The third kappa shape index (κ3) is 2.91. The minimum absolute atomic E-state index is 0.0516. The van der Waals surface area contributed by atoms with E-state index in [9.17, 15) is 18.4 Å². The first-order chi connectivity index (χ1) is 8.02. The van der Waals surface area contributed by atoms with Crippen molar-refractivity contribution in [3.8, 4) is 0 Å². The molecule has 0 bridgehead atoms. The number of rotatable bonds is 4. The van der Waals surface area contributed by atoms with Gasteiger partial charge in [-0.2, -0.15) is 0 Å².